The van der Waals surface area contributed by atoms with Gasteiger partial charge in [-0.05, 0) is 37.2 Å². The molecule has 1 aliphatic heterocycles. The van der Waals surface area contributed by atoms with Crippen LogP contribution < -0.4 is 10.1 Å². The predicted octanol–water partition coefficient (Wildman–Crippen LogP) is 3.32. The first kappa shape index (κ1) is 13.1. The quantitative estimate of drug-likeness (QED) is 0.924. The van der Waals surface area contributed by atoms with Gasteiger partial charge in [0.1, 0.15) is 17.7 Å². The molecule has 1 heterocycles. The van der Waals surface area contributed by atoms with Crippen molar-refractivity contribution in [3.05, 3.63) is 53.3 Å². The number of hydrogen-bond acceptors (Lipinski definition) is 2. The number of aryl methyl sites for hydroxylation is 1. The summed E-state index contributed by atoms with van der Waals surface area (Å²) in [7, 11) is 1.90. The molecule has 20 heavy (non-hydrogen) atoms. The second-order valence-electron chi connectivity index (χ2n) is 5.26. The molecule has 1 aliphatic rings. The highest BCUT2D eigenvalue weighted by Crippen LogP contribution is 2.40. The summed E-state index contributed by atoms with van der Waals surface area (Å²) in [5.74, 6) is 0.636. The summed E-state index contributed by atoms with van der Waals surface area (Å²) >= 11 is 0. The lowest BCUT2D eigenvalue weighted by atomic mass is 9.97. The second-order valence-corrected chi connectivity index (χ2v) is 5.26. The van der Waals surface area contributed by atoms with E-state index in [2.05, 4.69) is 5.32 Å². The van der Waals surface area contributed by atoms with E-state index in [-0.39, 0.29) is 11.9 Å². The fraction of sp³-hybridized carbons (Fsp3) is 0.294. The first-order chi connectivity index (χ1) is 9.69. The minimum absolute atomic E-state index is 0.0829. The van der Waals surface area contributed by atoms with Crippen LogP contribution in [-0.2, 0) is 6.42 Å². The third-order valence-corrected chi connectivity index (χ3v) is 3.73. The Balaban J connectivity index is 2.08. The van der Waals surface area contributed by atoms with Gasteiger partial charge in [-0.3, -0.25) is 0 Å². The van der Waals surface area contributed by atoms with Crippen molar-refractivity contribution in [3.63, 3.8) is 0 Å². The number of ether oxygens (including phenoxy) is 1. The number of halogens is 1. The summed E-state index contributed by atoms with van der Waals surface area (Å²) in [6.07, 6.45) is 0.840. The molecule has 0 aliphatic carbocycles. The van der Waals surface area contributed by atoms with Gasteiger partial charge in [-0.1, -0.05) is 24.3 Å². The van der Waals surface area contributed by atoms with Gasteiger partial charge in [-0.15, -0.1) is 0 Å². The molecular weight excluding hydrogens is 253 g/mol. The lowest BCUT2D eigenvalue weighted by Crippen LogP contribution is -2.27. The Morgan fingerprint density at radius 3 is 2.80 bits per heavy atom. The van der Waals surface area contributed by atoms with Gasteiger partial charge in [0.25, 0.3) is 0 Å². The lowest BCUT2D eigenvalue weighted by Gasteiger charge is -2.13. The smallest absolute Gasteiger partial charge is 0.131 e. The monoisotopic (exact) mass is 271 g/mol. The van der Waals surface area contributed by atoms with Crippen molar-refractivity contribution in [1.82, 2.24) is 5.32 Å². The van der Waals surface area contributed by atoms with Gasteiger partial charge in [0.05, 0.1) is 0 Å². The molecule has 104 valence electrons. The van der Waals surface area contributed by atoms with E-state index in [4.69, 9.17) is 4.74 Å². The van der Waals surface area contributed by atoms with E-state index in [1.807, 2.05) is 38.2 Å². The number of likely N-dealkylation sites (N-methyl/N-ethyl adjacent to an activating group) is 1. The molecule has 0 amide bonds. The molecule has 0 bridgehead atoms. The Morgan fingerprint density at radius 1 is 1.25 bits per heavy atom. The molecule has 2 aromatic rings. The molecule has 0 saturated heterocycles. The maximum absolute atomic E-state index is 13.9. The molecule has 1 atom stereocenters. The number of nitrogens with one attached hydrogen (secondary N) is 1. The maximum atomic E-state index is 13.9. The molecule has 0 spiro atoms. The van der Waals surface area contributed by atoms with Gasteiger partial charge >= 0.3 is 0 Å². The Kier molecular flexibility index (Phi) is 3.45. The largest absolute Gasteiger partial charge is 0.488 e. The zero-order chi connectivity index (χ0) is 14.1. The normalized spacial score (nSPS) is 16.9. The van der Waals surface area contributed by atoms with Crippen LogP contribution in [0.25, 0.3) is 11.1 Å². The Labute approximate surface area is 118 Å². The second kappa shape index (κ2) is 5.25. The van der Waals surface area contributed by atoms with E-state index in [9.17, 15) is 4.39 Å². The number of benzene rings is 2. The molecule has 0 radical (unpaired) electrons. The van der Waals surface area contributed by atoms with Crippen LogP contribution in [0.2, 0.25) is 0 Å². The van der Waals surface area contributed by atoms with Crippen molar-refractivity contribution in [2.24, 2.45) is 0 Å². The Bertz CT molecular complexity index is 639. The van der Waals surface area contributed by atoms with Gasteiger partial charge in [-0.2, -0.15) is 0 Å². The van der Waals surface area contributed by atoms with E-state index < -0.39 is 0 Å². The highest BCUT2D eigenvalue weighted by Gasteiger charge is 2.26. The zero-order valence-corrected chi connectivity index (χ0v) is 11.7. The number of rotatable bonds is 3. The molecule has 2 nitrogen and oxygen atoms in total. The lowest BCUT2D eigenvalue weighted by molar-refractivity contribution is 0.232. The van der Waals surface area contributed by atoms with Gasteiger partial charge < -0.3 is 10.1 Å². The third-order valence-electron chi connectivity index (χ3n) is 3.73. The van der Waals surface area contributed by atoms with Crippen LogP contribution in [0.15, 0.2) is 36.4 Å². The van der Waals surface area contributed by atoms with E-state index in [1.54, 1.807) is 12.1 Å². The summed E-state index contributed by atoms with van der Waals surface area (Å²) < 4.78 is 19.9. The first-order valence-electron chi connectivity index (χ1n) is 6.88. The third kappa shape index (κ3) is 2.29. The molecule has 0 fully saturated rings. The molecule has 3 heteroatoms. The van der Waals surface area contributed by atoms with Crippen LogP contribution in [0.3, 0.4) is 0 Å². The van der Waals surface area contributed by atoms with E-state index in [1.165, 1.54) is 0 Å². The molecule has 2 aromatic carbocycles. The van der Waals surface area contributed by atoms with Crippen molar-refractivity contribution in [3.8, 4) is 16.9 Å². The topological polar surface area (TPSA) is 21.3 Å². The predicted molar refractivity (Wildman–Crippen MR) is 78.6 cm³/mol. The minimum atomic E-state index is -0.198. The van der Waals surface area contributed by atoms with Crippen molar-refractivity contribution in [2.75, 3.05) is 13.6 Å². The van der Waals surface area contributed by atoms with E-state index in [0.717, 1.165) is 41.0 Å². The minimum Gasteiger partial charge on any atom is -0.488 e. The van der Waals surface area contributed by atoms with Gasteiger partial charge in [-0.25, -0.2) is 4.39 Å². The zero-order valence-electron chi connectivity index (χ0n) is 11.7. The van der Waals surface area contributed by atoms with Crippen molar-refractivity contribution >= 4 is 0 Å². The van der Waals surface area contributed by atoms with E-state index in [0.29, 0.717) is 0 Å². The van der Waals surface area contributed by atoms with Crippen LogP contribution in [0.1, 0.15) is 11.1 Å². The van der Waals surface area contributed by atoms with Gasteiger partial charge in [0.2, 0.25) is 0 Å². The summed E-state index contributed by atoms with van der Waals surface area (Å²) in [6, 6.07) is 11.2. The number of hydrogen-bond donors (Lipinski definition) is 1. The van der Waals surface area contributed by atoms with Crippen LogP contribution >= 0.6 is 0 Å². The van der Waals surface area contributed by atoms with Gasteiger partial charge in [0.15, 0.2) is 0 Å². The van der Waals surface area contributed by atoms with Crippen molar-refractivity contribution in [2.45, 2.75) is 19.4 Å². The average molecular weight is 271 g/mol. The maximum Gasteiger partial charge on any atom is 0.131 e. The summed E-state index contributed by atoms with van der Waals surface area (Å²) in [5.41, 5.74) is 3.98. The van der Waals surface area contributed by atoms with Crippen molar-refractivity contribution in [1.29, 1.82) is 0 Å². The summed E-state index contributed by atoms with van der Waals surface area (Å²) in [5, 5.41) is 3.11. The SMILES string of the molecule is CNC[C@H]1Cc2cc(F)cc(-c3ccccc3C)c2O1. The standard InChI is InChI=1S/C17H18FNO/c1-11-5-3-4-6-15(11)16-9-13(18)7-12-8-14(10-19-2)20-17(12)16/h3-7,9,14,19H,8,10H2,1-2H3/t14-/m1/s1. The first-order valence-corrected chi connectivity index (χ1v) is 6.88. The molecule has 0 aromatic heterocycles. The molecule has 0 saturated carbocycles. The summed E-state index contributed by atoms with van der Waals surface area (Å²) in [6.45, 7) is 2.80. The van der Waals surface area contributed by atoms with Crippen LogP contribution in [0.5, 0.6) is 5.75 Å². The summed E-state index contributed by atoms with van der Waals surface area (Å²) in [4.78, 5) is 0. The fourth-order valence-electron chi connectivity index (χ4n) is 2.81. The number of fused-ring (bicyclic) bond motifs is 1. The van der Waals surface area contributed by atoms with Crippen molar-refractivity contribution < 1.29 is 9.13 Å². The fourth-order valence-corrected chi connectivity index (χ4v) is 2.81. The molecule has 1 N–H and O–H groups in total. The Hall–Kier alpha value is -1.87. The molecule has 0 unspecified atom stereocenters. The van der Waals surface area contributed by atoms with Crippen LogP contribution in [0.4, 0.5) is 4.39 Å². The van der Waals surface area contributed by atoms with Crippen LogP contribution in [-0.4, -0.2) is 19.7 Å². The average Bonchev–Trinajstić information content (AvgIpc) is 2.81. The van der Waals surface area contributed by atoms with Crippen LogP contribution in [0, 0.1) is 12.7 Å². The Morgan fingerprint density at radius 2 is 2.05 bits per heavy atom. The molecule has 3 rings (SSSR count). The van der Waals surface area contributed by atoms with E-state index >= 15 is 0 Å². The van der Waals surface area contributed by atoms with Gasteiger partial charge in [0, 0.05) is 24.1 Å². The highest BCUT2D eigenvalue weighted by atomic mass is 19.1. The highest BCUT2D eigenvalue weighted by molar-refractivity contribution is 5.75. The molecular formula is C17H18FNO.